The van der Waals surface area contributed by atoms with E-state index in [4.69, 9.17) is 9.47 Å². The van der Waals surface area contributed by atoms with E-state index in [1.807, 2.05) is 19.1 Å². The van der Waals surface area contributed by atoms with Gasteiger partial charge >= 0.3 is 5.97 Å². The lowest BCUT2D eigenvalue weighted by Crippen LogP contribution is -2.29. The Labute approximate surface area is 168 Å². The summed E-state index contributed by atoms with van der Waals surface area (Å²) in [6.45, 7) is 3.24. The lowest BCUT2D eigenvalue weighted by Gasteiger charge is -2.38. The second kappa shape index (κ2) is 7.24. The van der Waals surface area contributed by atoms with Crippen LogP contribution in [0.3, 0.4) is 0 Å². The monoisotopic (exact) mass is 394 g/mol. The maximum atomic E-state index is 11.3. The molecular formula is C22H22N2O5. The van der Waals surface area contributed by atoms with Crippen LogP contribution < -0.4 is 14.8 Å². The highest BCUT2D eigenvalue weighted by atomic mass is 16.6. The molecule has 7 heteroatoms. The Bertz CT molecular complexity index is 1030. The van der Waals surface area contributed by atoms with Gasteiger partial charge in [-0.15, -0.1) is 0 Å². The third-order valence-electron chi connectivity index (χ3n) is 5.66. The number of rotatable bonds is 4. The summed E-state index contributed by atoms with van der Waals surface area (Å²) in [6, 6.07) is 8.85. The van der Waals surface area contributed by atoms with E-state index in [9.17, 15) is 14.9 Å². The van der Waals surface area contributed by atoms with Crippen molar-refractivity contribution < 1.29 is 19.2 Å². The van der Waals surface area contributed by atoms with Crippen LogP contribution in [0.2, 0.25) is 0 Å². The standard InChI is InChI=1S/C22H22N2O5/c1-12-9-15(24(26)27)11-18-16-5-4-6-17(16)22(23-21(12)18)14-7-8-19(29-13(2)25)20(10-14)28-3/h4-5,7-11,16-17,22-23H,6H2,1-3H3. The topological polar surface area (TPSA) is 90.7 Å². The molecule has 0 fully saturated rings. The fourth-order valence-electron chi connectivity index (χ4n) is 4.42. The quantitative estimate of drug-likeness (QED) is 0.267. The van der Waals surface area contributed by atoms with Crippen molar-refractivity contribution >= 4 is 17.3 Å². The Kier molecular flexibility index (Phi) is 4.74. The van der Waals surface area contributed by atoms with Gasteiger partial charge in [0.25, 0.3) is 5.69 Å². The molecule has 1 N–H and O–H groups in total. The van der Waals surface area contributed by atoms with E-state index in [-0.39, 0.29) is 28.5 Å². The van der Waals surface area contributed by atoms with Crippen molar-refractivity contribution in [3.8, 4) is 11.5 Å². The molecule has 4 rings (SSSR count). The van der Waals surface area contributed by atoms with Crippen molar-refractivity contribution in [1.82, 2.24) is 0 Å². The summed E-state index contributed by atoms with van der Waals surface area (Å²) in [7, 11) is 1.54. The third kappa shape index (κ3) is 3.33. The van der Waals surface area contributed by atoms with Crippen molar-refractivity contribution in [3.05, 3.63) is 69.3 Å². The summed E-state index contributed by atoms with van der Waals surface area (Å²) < 4.78 is 10.6. The van der Waals surface area contributed by atoms with Gasteiger partial charge in [0.05, 0.1) is 18.1 Å². The predicted molar refractivity (Wildman–Crippen MR) is 108 cm³/mol. The van der Waals surface area contributed by atoms with Gasteiger partial charge in [-0.1, -0.05) is 18.2 Å². The van der Waals surface area contributed by atoms with E-state index in [1.165, 1.54) is 6.92 Å². The van der Waals surface area contributed by atoms with Crippen LogP contribution in [0.1, 0.15) is 42.0 Å². The van der Waals surface area contributed by atoms with Gasteiger partial charge in [0.15, 0.2) is 11.5 Å². The van der Waals surface area contributed by atoms with Crippen molar-refractivity contribution in [2.24, 2.45) is 5.92 Å². The van der Waals surface area contributed by atoms with Crippen LogP contribution in [-0.2, 0) is 4.79 Å². The predicted octanol–water partition coefficient (Wildman–Crippen LogP) is 4.66. The van der Waals surface area contributed by atoms with Crippen LogP contribution in [0.25, 0.3) is 0 Å². The van der Waals surface area contributed by atoms with E-state index in [0.29, 0.717) is 11.5 Å². The van der Waals surface area contributed by atoms with E-state index in [2.05, 4.69) is 17.5 Å². The number of non-ortho nitro benzene ring substituents is 1. The largest absolute Gasteiger partial charge is 0.493 e. The number of aryl methyl sites for hydroxylation is 1. The number of fused-ring (bicyclic) bond motifs is 3. The normalized spacial score (nSPS) is 21.7. The number of nitro groups is 1. The van der Waals surface area contributed by atoms with Crippen LogP contribution in [0.4, 0.5) is 11.4 Å². The van der Waals surface area contributed by atoms with E-state index >= 15 is 0 Å². The number of hydrogen-bond acceptors (Lipinski definition) is 6. The van der Waals surface area contributed by atoms with Gasteiger partial charge < -0.3 is 14.8 Å². The molecule has 0 spiro atoms. The fourth-order valence-corrected chi connectivity index (χ4v) is 4.42. The Hall–Kier alpha value is -3.35. The highest BCUT2D eigenvalue weighted by molar-refractivity contribution is 5.71. The van der Waals surface area contributed by atoms with Gasteiger partial charge in [0, 0.05) is 30.7 Å². The summed E-state index contributed by atoms with van der Waals surface area (Å²) in [5, 5.41) is 14.9. The molecule has 3 unspecified atom stereocenters. The van der Waals surface area contributed by atoms with Gasteiger partial charge in [-0.3, -0.25) is 14.9 Å². The first-order chi connectivity index (χ1) is 13.9. The molecule has 1 aliphatic heterocycles. The zero-order chi connectivity index (χ0) is 20.7. The number of methoxy groups -OCH3 is 1. The van der Waals surface area contributed by atoms with Crippen molar-refractivity contribution in [2.45, 2.75) is 32.2 Å². The minimum Gasteiger partial charge on any atom is -0.493 e. The van der Waals surface area contributed by atoms with Crippen LogP contribution in [0.5, 0.6) is 11.5 Å². The van der Waals surface area contributed by atoms with Crippen LogP contribution >= 0.6 is 0 Å². The molecule has 0 saturated carbocycles. The summed E-state index contributed by atoms with van der Waals surface area (Å²) >= 11 is 0. The molecule has 0 aromatic heterocycles. The smallest absolute Gasteiger partial charge is 0.308 e. The summed E-state index contributed by atoms with van der Waals surface area (Å²) in [5.74, 6) is 0.807. The Balaban J connectivity index is 1.76. The average molecular weight is 394 g/mol. The first-order valence-corrected chi connectivity index (χ1v) is 9.47. The second-order valence-corrected chi connectivity index (χ2v) is 7.46. The first kappa shape index (κ1) is 19.0. The highest BCUT2D eigenvalue weighted by Gasteiger charge is 2.39. The Morgan fingerprint density at radius 1 is 1.24 bits per heavy atom. The van der Waals surface area contributed by atoms with E-state index < -0.39 is 5.97 Å². The second-order valence-electron chi connectivity index (χ2n) is 7.46. The zero-order valence-corrected chi connectivity index (χ0v) is 16.5. The lowest BCUT2D eigenvalue weighted by atomic mass is 9.76. The number of benzene rings is 2. The fraction of sp³-hybridized carbons (Fsp3) is 0.318. The van der Waals surface area contributed by atoms with Gasteiger partial charge in [0.2, 0.25) is 0 Å². The molecule has 2 aromatic rings. The molecule has 0 amide bonds. The van der Waals surface area contributed by atoms with Gasteiger partial charge in [0.1, 0.15) is 0 Å². The molecular weight excluding hydrogens is 372 g/mol. The first-order valence-electron chi connectivity index (χ1n) is 9.47. The van der Waals surface area contributed by atoms with E-state index in [1.54, 1.807) is 25.3 Å². The molecule has 0 saturated heterocycles. The molecule has 1 heterocycles. The molecule has 1 aliphatic carbocycles. The van der Waals surface area contributed by atoms with Crippen molar-refractivity contribution in [3.63, 3.8) is 0 Å². The van der Waals surface area contributed by atoms with Gasteiger partial charge in [-0.05, 0) is 48.1 Å². The number of nitrogens with one attached hydrogen (secondary N) is 1. The molecule has 150 valence electrons. The van der Waals surface area contributed by atoms with Crippen molar-refractivity contribution in [2.75, 3.05) is 12.4 Å². The van der Waals surface area contributed by atoms with Crippen LogP contribution in [0.15, 0.2) is 42.5 Å². The minimum absolute atomic E-state index is 0.00272. The summed E-state index contributed by atoms with van der Waals surface area (Å²) in [6.07, 6.45) is 5.15. The SMILES string of the molecule is COc1cc(C2Nc3c(C)cc([N+](=O)[O-])cc3C3C=CCC32)ccc1OC(C)=O. The number of esters is 1. The molecule has 29 heavy (non-hydrogen) atoms. The summed E-state index contributed by atoms with van der Waals surface area (Å²) in [4.78, 5) is 22.3. The zero-order valence-electron chi connectivity index (χ0n) is 16.5. The molecule has 0 bridgehead atoms. The molecule has 7 nitrogen and oxygen atoms in total. The Morgan fingerprint density at radius 2 is 2.03 bits per heavy atom. The minimum atomic E-state index is -0.405. The Morgan fingerprint density at radius 3 is 2.72 bits per heavy atom. The molecule has 2 aromatic carbocycles. The number of carbonyl (C=O) groups excluding carboxylic acids is 1. The third-order valence-corrected chi connectivity index (χ3v) is 5.66. The lowest BCUT2D eigenvalue weighted by molar-refractivity contribution is -0.385. The van der Waals surface area contributed by atoms with Gasteiger partial charge in [-0.2, -0.15) is 0 Å². The van der Waals surface area contributed by atoms with Gasteiger partial charge in [-0.25, -0.2) is 0 Å². The molecule has 2 aliphatic rings. The summed E-state index contributed by atoms with van der Waals surface area (Å²) in [5.41, 5.74) is 3.89. The number of hydrogen-bond donors (Lipinski definition) is 1. The number of nitro benzene ring substituents is 1. The van der Waals surface area contributed by atoms with Crippen molar-refractivity contribution in [1.29, 1.82) is 0 Å². The number of allylic oxidation sites excluding steroid dienone is 2. The number of carbonyl (C=O) groups is 1. The highest BCUT2D eigenvalue weighted by Crippen LogP contribution is 2.52. The maximum absolute atomic E-state index is 11.3. The average Bonchev–Trinajstić information content (AvgIpc) is 3.17. The van der Waals surface area contributed by atoms with E-state index in [0.717, 1.165) is 28.8 Å². The number of nitrogens with zero attached hydrogens (tertiary/aromatic N) is 1. The van der Waals surface area contributed by atoms with Crippen LogP contribution in [-0.4, -0.2) is 18.0 Å². The number of ether oxygens (including phenoxy) is 2. The maximum Gasteiger partial charge on any atom is 0.308 e. The molecule has 3 atom stereocenters. The molecule has 0 radical (unpaired) electrons. The number of anilines is 1. The van der Waals surface area contributed by atoms with Crippen LogP contribution in [0, 0.1) is 23.0 Å².